The lowest BCUT2D eigenvalue weighted by Gasteiger charge is -2.58. The predicted octanol–water partition coefficient (Wildman–Crippen LogP) is 7.83. The van der Waals surface area contributed by atoms with E-state index in [1.54, 1.807) is 12.2 Å². The molecule has 1 aliphatic heterocycles. The third-order valence-corrected chi connectivity index (χ3v) is 12.1. The maximum Gasteiger partial charge on any atom is 0.303 e. The minimum absolute atomic E-state index is 0.00383. The van der Waals surface area contributed by atoms with Crippen molar-refractivity contribution in [3.63, 3.8) is 0 Å². The summed E-state index contributed by atoms with van der Waals surface area (Å²) in [4.78, 5) is 28.8. The molecule has 0 N–H and O–H groups in total. The van der Waals surface area contributed by atoms with Gasteiger partial charge in [0.05, 0.1) is 11.8 Å². The van der Waals surface area contributed by atoms with E-state index >= 15 is 0 Å². The second-order valence-electron chi connectivity index (χ2n) is 14.5. The van der Waals surface area contributed by atoms with Crippen molar-refractivity contribution >= 4 is 29.3 Å². The molecule has 9 heteroatoms. The number of allylic oxidation sites excluding steroid dienone is 1. The second-order valence-corrected chi connectivity index (χ2v) is 15.0. The highest BCUT2D eigenvalue weighted by molar-refractivity contribution is 6.30. The van der Waals surface area contributed by atoms with Gasteiger partial charge in [-0.2, -0.15) is 0 Å². The third kappa shape index (κ3) is 6.67. The van der Waals surface area contributed by atoms with E-state index in [9.17, 15) is 9.59 Å². The summed E-state index contributed by atoms with van der Waals surface area (Å²) < 4.78 is 23.2. The molecule has 8 nitrogen and oxygen atoms in total. The van der Waals surface area contributed by atoms with Crippen LogP contribution in [0.15, 0.2) is 53.2 Å². The fraction of sp³-hybridized carbons (Fsp3) is 0.649. The average Bonchev–Trinajstić information content (AvgIpc) is 3.38. The van der Waals surface area contributed by atoms with Crippen LogP contribution in [0.1, 0.15) is 86.0 Å². The van der Waals surface area contributed by atoms with E-state index in [1.807, 2.05) is 24.3 Å². The lowest BCUT2D eigenvalue weighted by Crippen LogP contribution is -2.51. The first-order chi connectivity index (χ1) is 22.0. The Balaban J connectivity index is 1.10. The lowest BCUT2D eigenvalue weighted by atomic mass is 9.47. The molecule has 1 aromatic carbocycles. The topological polar surface area (TPSA) is 92.7 Å². The van der Waals surface area contributed by atoms with Gasteiger partial charge in [0.25, 0.3) is 0 Å². The van der Waals surface area contributed by atoms with E-state index in [-0.39, 0.29) is 23.5 Å². The van der Waals surface area contributed by atoms with Crippen molar-refractivity contribution in [3.8, 4) is 5.75 Å². The van der Waals surface area contributed by atoms with Crippen LogP contribution in [-0.2, 0) is 28.5 Å². The Hall–Kier alpha value is -2.68. The van der Waals surface area contributed by atoms with Crippen LogP contribution in [0, 0.1) is 34.5 Å². The summed E-state index contributed by atoms with van der Waals surface area (Å²) in [6.45, 7) is 9.86. The first kappa shape index (κ1) is 33.2. The number of fused-ring (bicyclic) bond motifs is 5. The SMILES string of the molecule is CC(=O)OC[C@H]1OC(O[C@H]2CC[C@@]3(C)C(=CCC4C3CC[C@@]3(C)C4CC[C@@H]3/C(C)=N/Oc3ccc(Cl)cc3)C2)C=C[C@@H]1OC(C)=O. The average molecular weight is 654 g/mol. The van der Waals surface area contributed by atoms with Gasteiger partial charge in [0.15, 0.2) is 12.0 Å². The molecule has 5 aliphatic rings. The third-order valence-electron chi connectivity index (χ3n) is 11.9. The fourth-order valence-electron chi connectivity index (χ4n) is 9.64. The molecule has 1 heterocycles. The van der Waals surface area contributed by atoms with Crippen molar-refractivity contribution in [3.05, 3.63) is 53.1 Å². The molecular formula is C37H48ClNO7. The molecule has 0 spiro atoms. The number of carbonyl (C=O) groups excluding carboxylic acids is 2. The van der Waals surface area contributed by atoms with Crippen LogP contribution in [0.3, 0.4) is 0 Å². The quantitative estimate of drug-likeness (QED) is 0.122. The Labute approximate surface area is 277 Å². The molecule has 250 valence electrons. The molecule has 1 aromatic rings. The Bertz CT molecular complexity index is 1390. The molecular weight excluding hydrogens is 606 g/mol. The van der Waals surface area contributed by atoms with E-state index < -0.39 is 30.4 Å². The van der Waals surface area contributed by atoms with Crippen LogP contribution in [0.4, 0.5) is 0 Å². The van der Waals surface area contributed by atoms with Crippen molar-refractivity contribution in [2.24, 2.45) is 39.7 Å². The standard InChI is InChI=1S/C37H48ClNO7/c1-22(39-46-27-9-7-26(38)8-10-27)30-12-13-31-29-11-6-25-20-28(16-18-36(25,4)32(29)17-19-37(30,31)5)44-35-15-14-33(43-24(3)41)34(45-35)21-42-23(2)40/h6-10,14-15,28-35H,11-13,16-21H2,1-5H3/b39-22+/t28-,29?,30+,31?,32?,33-,34+,35?,36-,37+/m0/s1. The van der Waals surface area contributed by atoms with Gasteiger partial charge in [-0.1, -0.05) is 42.3 Å². The zero-order valence-electron chi connectivity index (χ0n) is 27.7. The highest BCUT2D eigenvalue weighted by Crippen LogP contribution is 2.66. The Kier molecular flexibility index (Phi) is 9.71. The summed E-state index contributed by atoms with van der Waals surface area (Å²) in [5, 5.41) is 5.30. The van der Waals surface area contributed by atoms with E-state index in [1.165, 1.54) is 45.1 Å². The fourth-order valence-corrected chi connectivity index (χ4v) is 9.77. The van der Waals surface area contributed by atoms with Crippen LogP contribution in [0.5, 0.6) is 5.75 Å². The monoisotopic (exact) mass is 653 g/mol. The lowest BCUT2D eigenvalue weighted by molar-refractivity contribution is -0.213. The van der Waals surface area contributed by atoms with Crippen LogP contribution in [-0.4, -0.2) is 48.9 Å². The number of esters is 2. The van der Waals surface area contributed by atoms with Gasteiger partial charge in [-0.15, -0.1) is 0 Å². The number of halogens is 1. The van der Waals surface area contributed by atoms with Crippen molar-refractivity contribution < 1.29 is 33.4 Å². The van der Waals surface area contributed by atoms with Crippen molar-refractivity contribution in [2.45, 2.75) is 111 Å². The number of nitrogens with zero attached hydrogens (tertiary/aromatic N) is 1. The maximum atomic E-state index is 11.6. The summed E-state index contributed by atoms with van der Waals surface area (Å²) in [5.41, 5.74) is 3.05. The van der Waals surface area contributed by atoms with Crippen LogP contribution in [0.25, 0.3) is 0 Å². The molecule has 4 unspecified atom stereocenters. The summed E-state index contributed by atoms with van der Waals surface area (Å²) >= 11 is 6.03. The number of carbonyl (C=O) groups is 2. The predicted molar refractivity (Wildman–Crippen MR) is 175 cm³/mol. The molecule has 3 saturated carbocycles. The Morgan fingerprint density at radius 2 is 1.76 bits per heavy atom. The maximum absolute atomic E-state index is 11.6. The highest BCUT2D eigenvalue weighted by atomic mass is 35.5. The smallest absolute Gasteiger partial charge is 0.303 e. The molecule has 0 bridgehead atoms. The largest absolute Gasteiger partial charge is 0.463 e. The van der Waals surface area contributed by atoms with E-state index in [0.717, 1.165) is 31.4 Å². The number of hydrogen-bond donors (Lipinski definition) is 0. The van der Waals surface area contributed by atoms with Gasteiger partial charge in [-0.05, 0) is 123 Å². The number of rotatable bonds is 8. The van der Waals surface area contributed by atoms with Crippen molar-refractivity contribution in [2.75, 3.05) is 6.61 Å². The minimum atomic E-state index is -0.623. The van der Waals surface area contributed by atoms with Gasteiger partial charge in [0.1, 0.15) is 18.8 Å². The zero-order chi connectivity index (χ0) is 32.6. The first-order valence-electron chi connectivity index (χ1n) is 16.9. The Morgan fingerprint density at radius 3 is 2.50 bits per heavy atom. The Morgan fingerprint density at radius 1 is 0.978 bits per heavy atom. The van der Waals surface area contributed by atoms with Crippen LogP contribution in [0.2, 0.25) is 5.02 Å². The summed E-state index contributed by atoms with van der Waals surface area (Å²) in [6.07, 6.45) is 13.3. The normalized spacial score (nSPS) is 38.6. The van der Waals surface area contributed by atoms with Gasteiger partial charge in [0.2, 0.25) is 0 Å². The summed E-state index contributed by atoms with van der Waals surface area (Å²) in [7, 11) is 0. The van der Waals surface area contributed by atoms with Crippen LogP contribution >= 0.6 is 11.6 Å². The molecule has 46 heavy (non-hydrogen) atoms. The van der Waals surface area contributed by atoms with Gasteiger partial charge >= 0.3 is 11.9 Å². The minimum Gasteiger partial charge on any atom is -0.463 e. The zero-order valence-corrected chi connectivity index (χ0v) is 28.5. The molecule has 0 radical (unpaired) electrons. The number of ether oxygens (including phenoxy) is 4. The molecule has 0 aromatic heterocycles. The van der Waals surface area contributed by atoms with Gasteiger partial charge in [-0.25, -0.2) is 0 Å². The second kappa shape index (κ2) is 13.4. The molecule has 0 saturated heterocycles. The molecule has 3 fully saturated rings. The van der Waals surface area contributed by atoms with Gasteiger partial charge < -0.3 is 23.8 Å². The molecule has 0 amide bonds. The molecule has 10 atom stereocenters. The number of oxime groups is 1. The van der Waals surface area contributed by atoms with E-state index in [2.05, 4.69) is 32.0 Å². The molecule has 4 aliphatic carbocycles. The summed E-state index contributed by atoms with van der Waals surface area (Å²) in [6, 6.07) is 7.37. The van der Waals surface area contributed by atoms with Crippen LogP contribution < -0.4 is 4.84 Å². The van der Waals surface area contributed by atoms with E-state index in [0.29, 0.717) is 34.4 Å². The number of benzene rings is 1. The van der Waals surface area contributed by atoms with E-state index in [4.69, 9.17) is 35.4 Å². The summed E-state index contributed by atoms with van der Waals surface area (Å²) in [5.74, 6) is 2.36. The highest BCUT2D eigenvalue weighted by Gasteiger charge is 2.59. The van der Waals surface area contributed by atoms with Crippen molar-refractivity contribution in [1.82, 2.24) is 0 Å². The van der Waals surface area contributed by atoms with Gasteiger partial charge in [-0.3, -0.25) is 9.59 Å². The first-order valence-corrected chi connectivity index (χ1v) is 17.3. The van der Waals surface area contributed by atoms with Crippen molar-refractivity contribution in [1.29, 1.82) is 0 Å². The molecule has 6 rings (SSSR count). The van der Waals surface area contributed by atoms with Gasteiger partial charge in [0, 0.05) is 24.8 Å². The number of hydrogen-bond acceptors (Lipinski definition) is 8.